The van der Waals surface area contributed by atoms with Gasteiger partial charge < -0.3 is 10.7 Å². The van der Waals surface area contributed by atoms with E-state index in [9.17, 15) is 4.39 Å². The van der Waals surface area contributed by atoms with E-state index in [-0.39, 0.29) is 11.9 Å². The number of imidazole rings is 1. The number of aromatic nitrogens is 2. The number of aromatic amines is 1. The Balaban J connectivity index is 2.30. The second-order valence-electron chi connectivity index (χ2n) is 3.72. The molecule has 0 aliphatic carbocycles. The van der Waals surface area contributed by atoms with E-state index in [1.807, 2.05) is 6.92 Å². The molecule has 0 saturated carbocycles. The number of nitrogens with two attached hydrogens (primary N) is 1. The van der Waals surface area contributed by atoms with Gasteiger partial charge >= 0.3 is 0 Å². The number of nitrogens with zero attached hydrogens (tertiary/aromatic N) is 1. The number of H-pyrrole nitrogens is 1. The molecule has 1 unspecified atom stereocenters. The normalized spacial score (nSPS) is 13.3. The zero-order valence-electron chi connectivity index (χ0n) is 8.63. The molecule has 15 heavy (non-hydrogen) atoms. The van der Waals surface area contributed by atoms with Crippen LogP contribution < -0.4 is 5.73 Å². The van der Waals surface area contributed by atoms with Crippen molar-refractivity contribution in [1.82, 2.24) is 9.97 Å². The summed E-state index contributed by atoms with van der Waals surface area (Å²) in [6.07, 6.45) is 1.61. The van der Waals surface area contributed by atoms with Crippen LogP contribution in [0.3, 0.4) is 0 Å². The molecule has 3 nitrogen and oxygen atoms in total. The highest BCUT2D eigenvalue weighted by atomic mass is 19.1. The molecule has 1 aromatic carbocycles. The van der Waals surface area contributed by atoms with Crippen molar-refractivity contribution in [3.63, 3.8) is 0 Å². The summed E-state index contributed by atoms with van der Waals surface area (Å²) in [5.41, 5.74) is 7.34. The van der Waals surface area contributed by atoms with Gasteiger partial charge in [0.15, 0.2) is 0 Å². The quantitative estimate of drug-likeness (QED) is 0.808. The Kier molecular flexibility index (Phi) is 2.68. The molecule has 0 aliphatic rings. The third-order valence-electron chi connectivity index (χ3n) is 2.47. The van der Waals surface area contributed by atoms with Crippen molar-refractivity contribution in [2.45, 2.75) is 25.8 Å². The van der Waals surface area contributed by atoms with Gasteiger partial charge in [0.2, 0.25) is 0 Å². The van der Waals surface area contributed by atoms with Crippen molar-refractivity contribution >= 4 is 11.0 Å². The third-order valence-corrected chi connectivity index (χ3v) is 2.47. The minimum atomic E-state index is -0.252. The molecule has 3 N–H and O–H groups in total. The van der Waals surface area contributed by atoms with E-state index in [0.717, 1.165) is 23.3 Å². The first-order valence-electron chi connectivity index (χ1n) is 5.08. The van der Waals surface area contributed by atoms with Crippen molar-refractivity contribution in [1.29, 1.82) is 0 Å². The van der Waals surface area contributed by atoms with Gasteiger partial charge in [-0.25, -0.2) is 9.37 Å². The number of fused-ring (bicyclic) bond motifs is 1. The molecule has 4 heteroatoms. The van der Waals surface area contributed by atoms with Crippen LogP contribution in [0.25, 0.3) is 11.0 Å². The van der Waals surface area contributed by atoms with E-state index in [0.29, 0.717) is 6.42 Å². The van der Waals surface area contributed by atoms with Crippen molar-refractivity contribution in [3.05, 3.63) is 29.8 Å². The van der Waals surface area contributed by atoms with E-state index in [4.69, 9.17) is 5.73 Å². The van der Waals surface area contributed by atoms with Gasteiger partial charge in [-0.3, -0.25) is 0 Å². The monoisotopic (exact) mass is 207 g/mol. The topological polar surface area (TPSA) is 54.7 Å². The first kappa shape index (κ1) is 10.1. The molecule has 1 aromatic heterocycles. The highest BCUT2D eigenvalue weighted by Gasteiger charge is 2.07. The maximum absolute atomic E-state index is 12.9. The van der Waals surface area contributed by atoms with Crippen LogP contribution in [0, 0.1) is 5.82 Å². The van der Waals surface area contributed by atoms with Crippen molar-refractivity contribution in [2.75, 3.05) is 0 Å². The standard InChI is InChI=1S/C11H14FN3/c1-2-8(13)6-11-14-9-4-3-7(12)5-10(9)15-11/h3-5,8H,2,6,13H2,1H3,(H,14,15). The van der Waals surface area contributed by atoms with E-state index < -0.39 is 0 Å². The van der Waals surface area contributed by atoms with Crippen molar-refractivity contribution in [3.8, 4) is 0 Å². The summed E-state index contributed by atoms with van der Waals surface area (Å²) in [4.78, 5) is 7.41. The molecular formula is C11H14FN3. The molecule has 2 rings (SSSR count). The number of benzene rings is 1. The van der Waals surface area contributed by atoms with E-state index >= 15 is 0 Å². The van der Waals surface area contributed by atoms with Crippen molar-refractivity contribution < 1.29 is 4.39 Å². The van der Waals surface area contributed by atoms with E-state index in [2.05, 4.69) is 9.97 Å². The van der Waals surface area contributed by atoms with Crippen LogP contribution >= 0.6 is 0 Å². The van der Waals surface area contributed by atoms with Crippen LogP contribution in [0.5, 0.6) is 0 Å². The zero-order chi connectivity index (χ0) is 10.8. The van der Waals surface area contributed by atoms with Gasteiger partial charge in [0.1, 0.15) is 11.6 Å². The average molecular weight is 207 g/mol. The second kappa shape index (κ2) is 3.98. The van der Waals surface area contributed by atoms with Crippen LogP contribution in [0.4, 0.5) is 4.39 Å². The Morgan fingerprint density at radius 1 is 1.53 bits per heavy atom. The molecule has 0 saturated heterocycles. The number of hydrogen-bond donors (Lipinski definition) is 2. The lowest BCUT2D eigenvalue weighted by Gasteiger charge is -2.04. The van der Waals surface area contributed by atoms with E-state index in [1.165, 1.54) is 12.1 Å². The smallest absolute Gasteiger partial charge is 0.125 e. The van der Waals surface area contributed by atoms with E-state index in [1.54, 1.807) is 6.07 Å². The molecule has 1 atom stereocenters. The summed E-state index contributed by atoms with van der Waals surface area (Å²) in [6, 6.07) is 4.63. The molecule has 0 radical (unpaired) electrons. The number of halogens is 1. The Bertz CT molecular complexity index is 464. The Hall–Kier alpha value is -1.42. The minimum Gasteiger partial charge on any atom is -0.342 e. The molecule has 0 spiro atoms. The predicted molar refractivity (Wildman–Crippen MR) is 58.0 cm³/mol. The Morgan fingerprint density at radius 2 is 2.33 bits per heavy atom. The van der Waals surface area contributed by atoms with Crippen LogP contribution in [0.1, 0.15) is 19.2 Å². The molecular weight excluding hydrogens is 193 g/mol. The van der Waals surface area contributed by atoms with Gasteiger partial charge in [0, 0.05) is 12.5 Å². The third kappa shape index (κ3) is 2.15. The van der Waals surface area contributed by atoms with Gasteiger partial charge in [-0.15, -0.1) is 0 Å². The lowest BCUT2D eigenvalue weighted by Crippen LogP contribution is -2.21. The first-order valence-corrected chi connectivity index (χ1v) is 5.08. The maximum Gasteiger partial charge on any atom is 0.125 e. The average Bonchev–Trinajstić information content (AvgIpc) is 2.59. The molecule has 0 amide bonds. The molecule has 2 aromatic rings. The van der Waals surface area contributed by atoms with Crippen LogP contribution in [0.15, 0.2) is 18.2 Å². The maximum atomic E-state index is 12.9. The van der Waals surface area contributed by atoms with Gasteiger partial charge in [0.05, 0.1) is 11.0 Å². The fourth-order valence-corrected chi connectivity index (χ4v) is 1.52. The summed E-state index contributed by atoms with van der Waals surface area (Å²) < 4.78 is 12.9. The van der Waals surface area contributed by atoms with Gasteiger partial charge in [-0.05, 0) is 24.6 Å². The number of hydrogen-bond acceptors (Lipinski definition) is 2. The fraction of sp³-hybridized carbons (Fsp3) is 0.364. The molecule has 80 valence electrons. The molecule has 0 bridgehead atoms. The second-order valence-corrected chi connectivity index (χ2v) is 3.72. The predicted octanol–water partition coefficient (Wildman–Crippen LogP) is 1.98. The zero-order valence-corrected chi connectivity index (χ0v) is 8.63. The summed E-state index contributed by atoms with van der Waals surface area (Å²) in [6.45, 7) is 2.03. The highest BCUT2D eigenvalue weighted by molar-refractivity contribution is 5.74. The van der Waals surface area contributed by atoms with Gasteiger partial charge in [-0.1, -0.05) is 6.92 Å². The molecule has 1 heterocycles. The van der Waals surface area contributed by atoms with Gasteiger partial charge in [-0.2, -0.15) is 0 Å². The first-order chi connectivity index (χ1) is 7.19. The molecule has 0 aliphatic heterocycles. The number of rotatable bonds is 3. The minimum absolute atomic E-state index is 0.107. The van der Waals surface area contributed by atoms with Crippen LogP contribution in [0.2, 0.25) is 0 Å². The van der Waals surface area contributed by atoms with Crippen LogP contribution in [-0.2, 0) is 6.42 Å². The Morgan fingerprint density at radius 3 is 3.07 bits per heavy atom. The van der Waals surface area contributed by atoms with Crippen LogP contribution in [-0.4, -0.2) is 16.0 Å². The summed E-state index contributed by atoms with van der Waals surface area (Å²) in [5.74, 6) is 0.572. The molecule has 0 fully saturated rings. The van der Waals surface area contributed by atoms with Crippen molar-refractivity contribution in [2.24, 2.45) is 5.73 Å². The Labute approximate surface area is 87.5 Å². The van der Waals surface area contributed by atoms with Gasteiger partial charge in [0.25, 0.3) is 0 Å². The summed E-state index contributed by atoms with van der Waals surface area (Å²) >= 11 is 0. The lowest BCUT2D eigenvalue weighted by molar-refractivity contribution is 0.628. The largest absolute Gasteiger partial charge is 0.342 e. The number of nitrogens with one attached hydrogen (secondary N) is 1. The highest BCUT2D eigenvalue weighted by Crippen LogP contribution is 2.13. The summed E-state index contributed by atoms with van der Waals surface area (Å²) in [7, 11) is 0. The SMILES string of the molecule is CCC(N)Cc1nc2ccc(F)cc2[nH]1. The lowest BCUT2D eigenvalue weighted by atomic mass is 10.2. The summed E-state index contributed by atoms with van der Waals surface area (Å²) in [5, 5.41) is 0. The fourth-order valence-electron chi connectivity index (χ4n) is 1.52.